The molecule has 0 fully saturated rings. The molecule has 0 spiro atoms. The van der Waals surface area contributed by atoms with Gasteiger partial charge in [-0.2, -0.15) is 0 Å². The predicted octanol–water partition coefficient (Wildman–Crippen LogP) is 2.68. The van der Waals surface area contributed by atoms with Crippen molar-refractivity contribution in [3.8, 4) is 5.88 Å². The number of ether oxygens (including phenoxy) is 1. The van der Waals surface area contributed by atoms with Crippen molar-refractivity contribution in [1.29, 1.82) is 0 Å². The van der Waals surface area contributed by atoms with Crippen molar-refractivity contribution in [2.24, 2.45) is 0 Å². The van der Waals surface area contributed by atoms with Gasteiger partial charge in [0.1, 0.15) is 0 Å². The van der Waals surface area contributed by atoms with E-state index in [0.717, 1.165) is 24.9 Å². The number of rotatable bonds is 7. The lowest BCUT2D eigenvalue weighted by molar-refractivity contribution is -0.612. The summed E-state index contributed by atoms with van der Waals surface area (Å²) in [6.45, 7) is 1.96. The molecule has 2 aromatic rings. The van der Waals surface area contributed by atoms with Crippen LogP contribution in [0.15, 0.2) is 48.7 Å². The first-order valence-corrected chi connectivity index (χ1v) is 7.39. The van der Waals surface area contributed by atoms with Gasteiger partial charge >= 0.3 is 5.88 Å². The minimum Gasteiger partial charge on any atom is -0.616 e. The minimum absolute atomic E-state index is 0.104. The van der Waals surface area contributed by atoms with Gasteiger partial charge in [0, 0.05) is 11.8 Å². The fraction of sp³-hybridized carbons (Fsp3) is 0.294. The average Bonchev–Trinajstić information content (AvgIpc) is 2.53. The van der Waals surface area contributed by atoms with Crippen molar-refractivity contribution in [2.75, 3.05) is 11.9 Å². The molecule has 1 aromatic carbocycles. The van der Waals surface area contributed by atoms with E-state index in [1.165, 1.54) is 17.8 Å². The third kappa shape index (κ3) is 4.77. The normalized spacial score (nSPS) is 10.2. The van der Waals surface area contributed by atoms with E-state index in [0.29, 0.717) is 4.73 Å². The molecule has 0 saturated carbocycles. The van der Waals surface area contributed by atoms with Crippen molar-refractivity contribution in [3.63, 3.8) is 0 Å². The second-order valence-corrected chi connectivity index (χ2v) is 5.00. The maximum Gasteiger partial charge on any atom is 0.379 e. The summed E-state index contributed by atoms with van der Waals surface area (Å²) < 4.78 is 5.77. The minimum atomic E-state index is -0.301. The Hall–Kier alpha value is -2.56. The van der Waals surface area contributed by atoms with Gasteiger partial charge in [-0.15, -0.1) is 4.73 Å². The number of carbonyl (C=O) groups excluding carboxylic acids is 1. The Morgan fingerprint density at radius 2 is 2.00 bits per heavy atom. The summed E-state index contributed by atoms with van der Waals surface area (Å²) in [4.78, 5) is 11.8. The highest BCUT2D eigenvalue weighted by atomic mass is 16.6. The van der Waals surface area contributed by atoms with Crippen LogP contribution in [0.2, 0.25) is 0 Å². The zero-order valence-corrected chi connectivity index (χ0v) is 12.6. The van der Waals surface area contributed by atoms with Crippen LogP contribution in [0.3, 0.4) is 0 Å². The van der Waals surface area contributed by atoms with Gasteiger partial charge in [0.25, 0.3) is 5.91 Å². The van der Waals surface area contributed by atoms with Crippen LogP contribution in [0.4, 0.5) is 5.69 Å². The molecule has 1 amide bonds. The van der Waals surface area contributed by atoms with E-state index in [4.69, 9.17) is 4.74 Å². The number of unbranched alkanes of at least 4 members (excludes halogenated alkanes) is 1. The number of nitrogens with one attached hydrogen (secondary N) is 1. The van der Waals surface area contributed by atoms with Gasteiger partial charge in [0.2, 0.25) is 0 Å². The Morgan fingerprint density at radius 3 is 2.68 bits per heavy atom. The second kappa shape index (κ2) is 8.02. The fourth-order valence-electron chi connectivity index (χ4n) is 2.00. The molecule has 1 heterocycles. The van der Waals surface area contributed by atoms with Gasteiger partial charge in [-0.05, 0) is 36.6 Å². The molecule has 0 aliphatic carbocycles. The molecular weight excluding hydrogens is 280 g/mol. The number of anilines is 1. The summed E-state index contributed by atoms with van der Waals surface area (Å²) in [6.07, 6.45) is 4.69. The Bertz CT molecular complexity index is 612. The lowest BCUT2D eigenvalue weighted by Gasteiger charge is -2.08. The van der Waals surface area contributed by atoms with E-state index in [2.05, 4.69) is 12.2 Å². The second-order valence-electron chi connectivity index (χ2n) is 5.00. The molecule has 2 rings (SSSR count). The summed E-state index contributed by atoms with van der Waals surface area (Å²) in [5.74, 6) is -0.197. The number of aryl methyl sites for hydroxylation is 1. The summed E-state index contributed by atoms with van der Waals surface area (Å²) in [5.41, 5.74) is 1.98. The third-order valence-electron chi connectivity index (χ3n) is 3.20. The van der Waals surface area contributed by atoms with E-state index in [1.807, 2.05) is 24.3 Å². The monoisotopic (exact) mass is 300 g/mol. The number of hydrogen-bond donors (Lipinski definition) is 1. The lowest BCUT2D eigenvalue weighted by atomic mass is 10.1. The highest BCUT2D eigenvalue weighted by Crippen LogP contribution is 2.12. The van der Waals surface area contributed by atoms with Crippen LogP contribution in [0.25, 0.3) is 0 Å². The Balaban J connectivity index is 1.83. The van der Waals surface area contributed by atoms with Gasteiger partial charge in [-0.1, -0.05) is 25.5 Å². The topological polar surface area (TPSA) is 65.3 Å². The molecule has 22 heavy (non-hydrogen) atoms. The first-order chi connectivity index (χ1) is 10.7. The molecule has 0 unspecified atom stereocenters. The zero-order valence-electron chi connectivity index (χ0n) is 12.6. The van der Waals surface area contributed by atoms with E-state index >= 15 is 0 Å². The molecule has 0 saturated heterocycles. The molecule has 116 valence electrons. The maximum absolute atomic E-state index is 11.8. The molecule has 0 aliphatic rings. The van der Waals surface area contributed by atoms with Crippen molar-refractivity contribution >= 4 is 11.6 Å². The first kappa shape index (κ1) is 15.8. The van der Waals surface area contributed by atoms with Crippen molar-refractivity contribution in [3.05, 3.63) is 59.4 Å². The first-order valence-electron chi connectivity index (χ1n) is 7.39. The molecule has 0 atom stereocenters. The van der Waals surface area contributed by atoms with E-state index < -0.39 is 0 Å². The third-order valence-corrected chi connectivity index (χ3v) is 3.20. The number of hydrogen-bond acceptors (Lipinski definition) is 3. The molecule has 0 bridgehead atoms. The summed E-state index contributed by atoms with van der Waals surface area (Å²) in [6, 6.07) is 12.6. The molecule has 1 N–H and O–H groups in total. The SMILES string of the molecule is CCCCc1ccc(NC(=O)COc2cccc[n+]2[O-])cc1. The lowest BCUT2D eigenvalue weighted by Crippen LogP contribution is -2.30. The smallest absolute Gasteiger partial charge is 0.379 e. The Labute approximate surface area is 130 Å². The zero-order chi connectivity index (χ0) is 15.8. The largest absolute Gasteiger partial charge is 0.616 e. The van der Waals surface area contributed by atoms with E-state index in [-0.39, 0.29) is 18.4 Å². The quantitative estimate of drug-likeness (QED) is 0.631. The molecule has 5 heteroatoms. The summed E-state index contributed by atoms with van der Waals surface area (Å²) in [5, 5.41) is 14.1. The Kier molecular flexibility index (Phi) is 5.77. The summed E-state index contributed by atoms with van der Waals surface area (Å²) >= 11 is 0. The predicted molar refractivity (Wildman–Crippen MR) is 84.6 cm³/mol. The maximum atomic E-state index is 11.8. The Morgan fingerprint density at radius 1 is 1.23 bits per heavy atom. The molecule has 0 radical (unpaired) electrons. The number of benzene rings is 1. The number of nitrogens with zero attached hydrogens (tertiary/aromatic N) is 1. The van der Waals surface area contributed by atoms with Crippen LogP contribution in [0.5, 0.6) is 5.88 Å². The van der Waals surface area contributed by atoms with Crippen LogP contribution in [-0.4, -0.2) is 12.5 Å². The number of carbonyl (C=O) groups is 1. The van der Waals surface area contributed by atoms with Crippen molar-refractivity contribution in [1.82, 2.24) is 0 Å². The summed E-state index contributed by atoms with van der Waals surface area (Å²) in [7, 11) is 0. The van der Waals surface area contributed by atoms with Crippen LogP contribution in [-0.2, 0) is 11.2 Å². The average molecular weight is 300 g/mol. The molecule has 1 aromatic heterocycles. The van der Waals surface area contributed by atoms with E-state index in [1.54, 1.807) is 12.1 Å². The van der Waals surface area contributed by atoms with Gasteiger partial charge in [-0.3, -0.25) is 4.79 Å². The van der Waals surface area contributed by atoms with Gasteiger partial charge in [0.15, 0.2) is 12.8 Å². The van der Waals surface area contributed by atoms with Gasteiger partial charge in [0.05, 0.1) is 6.07 Å². The van der Waals surface area contributed by atoms with Crippen LogP contribution >= 0.6 is 0 Å². The molecule has 0 aliphatic heterocycles. The van der Waals surface area contributed by atoms with Gasteiger partial charge in [-0.25, -0.2) is 0 Å². The van der Waals surface area contributed by atoms with E-state index in [9.17, 15) is 10.0 Å². The number of pyridine rings is 1. The van der Waals surface area contributed by atoms with Crippen molar-refractivity contribution < 1.29 is 14.3 Å². The highest BCUT2D eigenvalue weighted by Gasteiger charge is 2.08. The number of aromatic nitrogens is 1. The number of amides is 1. The molecule has 5 nitrogen and oxygen atoms in total. The van der Waals surface area contributed by atoms with Crippen molar-refractivity contribution in [2.45, 2.75) is 26.2 Å². The van der Waals surface area contributed by atoms with Gasteiger partial charge < -0.3 is 15.3 Å². The van der Waals surface area contributed by atoms with Crippen LogP contribution in [0, 0.1) is 5.21 Å². The van der Waals surface area contributed by atoms with Crippen LogP contribution < -0.4 is 14.8 Å². The van der Waals surface area contributed by atoms with Crippen LogP contribution in [0.1, 0.15) is 25.3 Å². The highest BCUT2D eigenvalue weighted by molar-refractivity contribution is 5.91. The standard InChI is InChI=1S/C17H20N2O3/c1-2-3-6-14-8-10-15(11-9-14)18-16(20)13-22-17-7-4-5-12-19(17)21/h4-5,7-12H,2-3,6,13H2,1H3,(H,18,20). The fourth-order valence-corrected chi connectivity index (χ4v) is 2.00. The molecular formula is C17H20N2O3.